The minimum atomic E-state index is -3.86. The van der Waals surface area contributed by atoms with E-state index < -0.39 is 53.2 Å². The van der Waals surface area contributed by atoms with Gasteiger partial charge in [0.1, 0.15) is 36.5 Å². The minimum absolute atomic E-state index is 0.0636. The van der Waals surface area contributed by atoms with Gasteiger partial charge in [0, 0.05) is 13.3 Å². The number of rotatable bonds is 11. The van der Waals surface area contributed by atoms with Crippen LogP contribution in [0.25, 0.3) is 0 Å². The summed E-state index contributed by atoms with van der Waals surface area (Å²) in [6, 6.07) is -0.745. The summed E-state index contributed by atoms with van der Waals surface area (Å²) in [4.78, 5) is 41.5. The van der Waals surface area contributed by atoms with Crippen molar-refractivity contribution in [3.05, 3.63) is 45.3 Å². The Hall–Kier alpha value is -3.30. The van der Waals surface area contributed by atoms with Crippen LogP contribution in [0.5, 0.6) is 0 Å². The van der Waals surface area contributed by atoms with E-state index in [1.54, 1.807) is 0 Å². The number of amides is 1. The fourth-order valence-corrected chi connectivity index (χ4v) is 2.84. The molecule has 0 fully saturated rings. The van der Waals surface area contributed by atoms with Gasteiger partial charge < -0.3 is 30.4 Å². The van der Waals surface area contributed by atoms with Crippen LogP contribution >= 0.6 is 0 Å². The standard InChI is InChI=1S/C17H22F2N6O7/c1-10(17(18,19)14(28)11(9-26)32-2)24-7-3-12(22-16(24)29)21-13(27)4-6-23-8-5-20-15(23)25(30)31/h3,5,7-8,10-11,14,26,28H,4,6,9H2,1-2H3,(H,21,22,27,29)/t10-,11?,14?/m1/s1. The van der Waals surface area contributed by atoms with Gasteiger partial charge in [-0.1, -0.05) is 4.98 Å². The number of nitro groups is 1. The lowest BCUT2D eigenvalue weighted by Crippen LogP contribution is -2.51. The minimum Gasteiger partial charge on any atom is -0.394 e. The zero-order valence-electron chi connectivity index (χ0n) is 17.1. The number of ether oxygens (including phenoxy) is 1. The lowest BCUT2D eigenvalue weighted by atomic mass is 10.0. The molecule has 1 amide bonds. The molecule has 0 saturated carbocycles. The zero-order valence-corrected chi connectivity index (χ0v) is 17.1. The quantitative estimate of drug-likeness (QED) is 0.306. The van der Waals surface area contributed by atoms with Crippen molar-refractivity contribution in [1.82, 2.24) is 19.1 Å². The Bertz CT molecular complexity index is 1010. The number of aryl methyl sites for hydroxylation is 1. The summed E-state index contributed by atoms with van der Waals surface area (Å²) < 4.78 is 35.5. The Morgan fingerprint density at radius 1 is 1.44 bits per heavy atom. The third-order valence-electron chi connectivity index (χ3n) is 4.74. The number of carbonyl (C=O) groups excluding carboxylic acids is 1. The Morgan fingerprint density at radius 3 is 2.69 bits per heavy atom. The molecular formula is C17H22F2N6O7. The number of nitrogens with zero attached hydrogens (tertiary/aromatic N) is 5. The molecule has 0 aliphatic rings. The summed E-state index contributed by atoms with van der Waals surface area (Å²) in [5.74, 6) is -5.14. The summed E-state index contributed by atoms with van der Waals surface area (Å²) in [5.41, 5.74) is -1.12. The molecule has 0 aromatic carbocycles. The van der Waals surface area contributed by atoms with Crippen molar-refractivity contribution < 1.29 is 33.4 Å². The van der Waals surface area contributed by atoms with Crippen molar-refractivity contribution >= 4 is 17.7 Å². The van der Waals surface area contributed by atoms with Gasteiger partial charge >= 0.3 is 11.6 Å². The first-order valence-electron chi connectivity index (χ1n) is 9.27. The Morgan fingerprint density at radius 2 is 2.12 bits per heavy atom. The number of methoxy groups -OCH3 is 1. The molecule has 0 saturated heterocycles. The molecule has 2 aromatic heterocycles. The van der Waals surface area contributed by atoms with E-state index in [0.717, 1.165) is 30.9 Å². The van der Waals surface area contributed by atoms with E-state index in [0.29, 0.717) is 4.57 Å². The van der Waals surface area contributed by atoms with Crippen molar-refractivity contribution in [1.29, 1.82) is 0 Å². The number of aliphatic hydroxyl groups is 2. The van der Waals surface area contributed by atoms with Crippen LogP contribution in [0, 0.1) is 10.1 Å². The molecule has 13 nitrogen and oxygen atoms in total. The van der Waals surface area contributed by atoms with Gasteiger partial charge in [-0.05, 0) is 17.9 Å². The number of aromatic nitrogens is 4. The fraction of sp³-hybridized carbons (Fsp3) is 0.529. The summed E-state index contributed by atoms with van der Waals surface area (Å²) in [6.07, 6.45) is -0.668. The van der Waals surface area contributed by atoms with E-state index in [2.05, 4.69) is 20.0 Å². The van der Waals surface area contributed by atoms with E-state index in [4.69, 9.17) is 5.11 Å². The van der Waals surface area contributed by atoms with Crippen LogP contribution in [0.15, 0.2) is 29.5 Å². The van der Waals surface area contributed by atoms with Gasteiger partial charge in [0.15, 0.2) is 0 Å². The van der Waals surface area contributed by atoms with Gasteiger partial charge in [-0.25, -0.2) is 18.1 Å². The molecule has 2 heterocycles. The van der Waals surface area contributed by atoms with Crippen molar-refractivity contribution in [2.45, 2.75) is 44.1 Å². The van der Waals surface area contributed by atoms with Crippen LogP contribution in [0.4, 0.5) is 20.5 Å². The summed E-state index contributed by atoms with van der Waals surface area (Å²) in [5, 5.41) is 32.0. The first-order valence-corrected chi connectivity index (χ1v) is 9.27. The number of nitrogens with one attached hydrogen (secondary N) is 1. The third kappa shape index (κ3) is 5.49. The second kappa shape index (κ2) is 10.3. The van der Waals surface area contributed by atoms with Crippen molar-refractivity contribution in [2.24, 2.45) is 0 Å². The van der Waals surface area contributed by atoms with Crippen LogP contribution in [0.2, 0.25) is 0 Å². The third-order valence-corrected chi connectivity index (χ3v) is 4.74. The summed E-state index contributed by atoms with van der Waals surface area (Å²) >= 11 is 0. The highest BCUT2D eigenvalue weighted by molar-refractivity contribution is 5.89. The van der Waals surface area contributed by atoms with E-state index in [1.165, 1.54) is 12.4 Å². The van der Waals surface area contributed by atoms with Crippen LogP contribution in [0.1, 0.15) is 19.4 Å². The van der Waals surface area contributed by atoms with Gasteiger partial charge in [0.2, 0.25) is 5.91 Å². The highest BCUT2D eigenvalue weighted by Gasteiger charge is 2.49. The molecule has 0 aliphatic heterocycles. The van der Waals surface area contributed by atoms with Crippen molar-refractivity contribution in [2.75, 3.05) is 19.0 Å². The maximum Gasteiger partial charge on any atom is 0.434 e. The topological polar surface area (TPSA) is 175 Å². The number of anilines is 1. The maximum absolute atomic E-state index is 14.6. The van der Waals surface area contributed by atoms with E-state index in [1.807, 2.05) is 0 Å². The molecule has 32 heavy (non-hydrogen) atoms. The number of carbonyl (C=O) groups is 1. The average molecular weight is 460 g/mol. The summed E-state index contributed by atoms with van der Waals surface area (Å²) in [7, 11) is 1.04. The normalized spacial score (nSPS) is 14.6. The fourth-order valence-electron chi connectivity index (χ4n) is 2.84. The number of imidazole rings is 1. The van der Waals surface area contributed by atoms with Crippen LogP contribution < -0.4 is 11.0 Å². The average Bonchev–Trinajstić information content (AvgIpc) is 3.21. The molecular weight excluding hydrogens is 438 g/mol. The predicted octanol–water partition coefficient (Wildman–Crippen LogP) is -0.0587. The molecule has 3 atom stereocenters. The molecule has 15 heteroatoms. The molecule has 0 aliphatic carbocycles. The first kappa shape index (κ1) is 25.0. The zero-order chi connectivity index (χ0) is 24.1. The molecule has 0 radical (unpaired) electrons. The van der Waals surface area contributed by atoms with Gasteiger partial charge in [0.05, 0.1) is 19.6 Å². The number of halogens is 2. The number of hydrogen-bond donors (Lipinski definition) is 3. The SMILES string of the molecule is COC(CO)C(O)C(F)(F)[C@@H](C)n1ccc(NC(=O)CCn2ccnc2[N+](=O)[O-])nc1=O. The van der Waals surface area contributed by atoms with Gasteiger partial charge in [-0.15, -0.1) is 0 Å². The van der Waals surface area contributed by atoms with E-state index >= 15 is 0 Å². The van der Waals surface area contributed by atoms with Crippen LogP contribution in [-0.2, 0) is 16.1 Å². The molecule has 0 spiro atoms. The second-order valence-electron chi connectivity index (χ2n) is 6.73. The van der Waals surface area contributed by atoms with Gasteiger partial charge in [-0.2, -0.15) is 4.98 Å². The molecule has 2 aromatic rings. The van der Waals surface area contributed by atoms with E-state index in [9.17, 15) is 33.6 Å². The first-order chi connectivity index (χ1) is 15.0. The lowest BCUT2D eigenvalue weighted by molar-refractivity contribution is -0.396. The van der Waals surface area contributed by atoms with Crippen molar-refractivity contribution in [3.63, 3.8) is 0 Å². The number of aliphatic hydroxyl groups excluding tert-OH is 2. The largest absolute Gasteiger partial charge is 0.434 e. The van der Waals surface area contributed by atoms with E-state index in [-0.39, 0.29) is 18.8 Å². The molecule has 0 bridgehead atoms. The van der Waals surface area contributed by atoms with Gasteiger partial charge in [0.25, 0.3) is 5.92 Å². The second-order valence-corrected chi connectivity index (χ2v) is 6.73. The maximum atomic E-state index is 14.6. The molecule has 2 unspecified atom stereocenters. The Labute approximate surface area is 179 Å². The number of hydrogen-bond acceptors (Lipinski definition) is 9. The summed E-state index contributed by atoms with van der Waals surface area (Å²) in [6.45, 7) is 0.0544. The molecule has 2 rings (SSSR count). The Kier molecular flexibility index (Phi) is 8.07. The van der Waals surface area contributed by atoms with Crippen molar-refractivity contribution in [3.8, 4) is 0 Å². The smallest absolute Gasteiger partial charge is 0.394 e. The molecule has 3 N–H and O–H groups in total. The highest BCUT2D eigenvalue weighted by Crippen LogP contribution is 2.33. The van der Waals surface area contributed by atoms with Gasteiger partial charge in [-0.3, -0.25) is 9.36 Å². The van der Waals surface area contributed by atoms with Crippen LogP contribution in [0.3, 0.4) is 0 Å². The van der Waals surface area contributed by atoms with Crippen LogP contribution in [-0.4, -0.2) is 72.0 Å². The highest BCUT2D eigenvalue weighted by atomic mass is 19.3. The predicted molar refractivity (Wildman–Crippen MR) is 104 cm³/mol. The molecule has 176 valence electrons. The monoisotopic (exact) mass is 460 g/mol. The lowest BCUT2D eigenvalue weighted by Gasteiger charge is -2.32. The Balaban J connectivity index is 2.07. The number of alkyl halides is 2.